The van der Waals surface area contributed by atoms with Crippen molar-refractivity contribution < 1.29 is 0 Å². The van der Waals surface area contributed by atoms with Crippen LogP contribution in [0.1, 0.15) is 0 Å². The summed E-state index contributed by atoms with van der Waals surface area (Å²) < 4.78 is 2.17. The lowest BCUT2D eigenvalue weighted by atomic mass is 10.2. The summed E-state index contributed by atoms with van der Waals surface area (Å²) in [6.07, 6.45) is 0. The monoisotopic (exact) mass is 323 g/mol. The van der Waals surface area contributed by atoms with E-state index >= 15 is 0 Å². The number of hydrogen-bond acceptors (Lipinski definition) is 2. The lowest BCUT2D eigenvalue weighted by Crippen LogP contribution is -1.76. The van der Waals surface area contributed by atoms with E-state index in [1.165, 1.54) is 0 Å². The fraction of sp³-hybridized carbons (Fsp3) is 0. The Kier molecular flexibility index (Phi) is 2.90. The van der Waals surface area contributed by atoms with Gasteiger partial charge in [-0.2, -0.15) is 0 Å². The molecule has 84 valence electrons. The Balaban J connectivity index is 2.22. The second kappa shape index (κ2) is 4.41. The zero-order chi connectivity index (χ0) is 11.8. The van der Waals surface area contributed by atoms with Crippen molar-refractivity contribution in [1.82, 2.24) is 4.98 Å². The van der Waals surface area contributed by atoms with Crippen LogP contribution in [0.3, 0.4) is 0 Å². The van der Waals surface area contributed by atoms with Crippen LogP contribution in [-0.2, 0) is 0 Å². The standard InChI is InChI=1S/C13H7BrClNS/c14-10-4-2-1-3-9(10)13-16-11-6-5-8(15)7-12(11)17-13/h1-7H. The third-order valence-corrected chi connectivity index (χ3v) is 4.43. The number of halogens is 2. The van der Waals surface area contributed by atoms with Crippen LogP contribution >= 0.6 is 38.9 Å². The van der Waals surface area contributed by atoms with Gasteiger partial charge in [0.05, 0.1) is 10.2 Å². The van der Waals surface area contributed by atoms with Crippen LogP contribution < -0.4 is 0 Å². The minimum Gasteiger partial charge on any atom is -0.236 e. The maximum atomic E-state index is 5.97. The van der Waals surface area contributed by atoms with Gasteiger partial charge < -0.3 is 0 Å². The van der Waals surface area contributed by atoms with Gasteiger partial charge in [0.25, 0.3) is 0 Å². The third-order valence-electron chi connectivity index (χ3n) is 2.45. The van der Waals surface area contributed by atoms with Crippen molar-refractivity contribution in [2.24, 2.45) is 0 Å². The van der Waals surface area contributed by atoms with Crippen LogP contribution in [0.5, 0.6) is 0 Å². The van der Waals surface area contributed by atoms with E-state index in [-0.39, 0.29) is 0 Å². The highest BCUT2D eigenvalue weighted by Gasteiger charge is 2.08. The molecule has 0 amide bonds. The average Bonchev–Trinajstić information content (AvgIpc) is 2.72. The molecule has 0 atom stereocenters. The van der Waals surface area contributed by atoms with E-state index in [9.17, 15) is 0 Å². The first kappa shape index (κ1) is 11.2. The van der Waals surface area contributed by atoms with E-state index in [4.69, 9.17) is 11.6 Å². The molecule has 1 heterocycles. The van der Waals surface area contributed by atoms with Gasteiger partial charge in [-0.15, -0.1) is 11.3 Å². The van der Waals surface area contributed by atoms with Crippen molar-refractivity contribution in [2.75, 3.05) is 0 Å². The van der Waals surface area contributed by atoms with Gasteiger partial charge in [-0.3, -0.25) is 0 Å². The zero-order valence-electron chi connectivity index (χ0n) is 8.65. The summed E-state index contributed by atoms with van der Waals surface area (Å²) in [6, 6.07) is 13.9. The van der Waals surface area contributed by atoms with Crippen LogP contribution in [0, 0.1) is 0 Å². The van der Waals surface area contributed by atoms with Crippen molar-refractivity contribution in [3.63, 3.8) is 0 Å². The smallest absolute Gasteiger partial charge is 0.125 e. The largest absolute Gasteiger partial charge is 0.236 e. The number of fused-ring (bicyclic) bond motifs is 1. The fourth-order valence-corrected chi connectivity index (χ4v) is 3.53. The van der Waals surface area contributed by atoms with Gasteiger partial charge in [-0.25, -0.2) is 4.98 Å². The second-order valence-corrected chi connectivity index (χ2v) is 5.93. The molecule has 2 aromatic carbocycles. The average molecular weight is 325 g/mol. The molecule has 0 aliphatic heterocycles. The highest BCUT2D eigenvalue weighted by atomic mass is 79.9. The maximum Gasteiger partial charge on any atom is 0.125 e. The topological polar surface area (TPSA) is 12.9 Å². The van der Waals surface area contributed by atoms with Crippen LogP contribution in [-0.4, -0.2) is 4.98 Å². The molecule has 0 spiro atoms. The summed E-state index contributed by atoms with van der Waals surface area (Å²) in [4.78, 5) is 4.61. The number of thiazole rings is 1. The molecule has 1 nitrogen and oxygen atoms in total. The molecule has 0 saturated heterocycles. The van der Waals surface area contributed by atoms with Gasteiger partial charge in [0.15, 0.2) is 0 Å². The summed E-state index contributed by atoms with van der Waals surface area (Å²) in [7, 11) is 0. The summed E-state index contributed by atoms with van der Waals surface area (Å²) in [6.45, 7) is 0. The van der Waals surface area contributed by atoms with Crippen molar-refractivity contribution in [2.45, 2.75) is 0 Å². The highest BCUT2D eigenvalue weighted by molar-refractivity contribution is 9.10. The summed E-state index contributed by atoms with van der Waals surface area (Å²) in [5.74, 6) is 0. The van der Waals surface area contributed by atoms with Gasteiger partial charge in [0.2, 0.25) is 0 Å². The Morgan fingerprint density at radius 2 is 1.94 bits per heavy atom. The Morgan fingerprint density at radius 1 is 1.12 bits per heavy atom. The first-order chi connectivity index (χ1) is 8.24. The molecule has 0 unspecified atom stereocenters. The van der Waals surface area contributed by atoms with Gasteiger partial charge in [-0.05, 0) is 24.3 Å². The third kappa shape index (κ3) is 2.10. The molecular formula is C13H7BrClNS. The fourth-order valence-electron chi connectivity index (χ4n) is 1.65. The number of rotatable bonds is 1. The van der Waals surface area contributed by atoms with Crippen molar-refractivity contribution in [1.29, 1.82) is 0 Å². The first-order valence-electron chi connectivity index (χ1n) is 5.05. The Labute approximate surface area is 116 Å². The maximum absolute atomic E-state index is 5.97. The number of nitrogens with zero attached hydrogens (tertiary/aromatic N) is 1. The molecule has 4 heteroatoms. The molecule has 0 radical (unpaired) electrons. The van der Waals surface area contributed by atoms with Crippen molar-refractivity contribution in [3.8, 4) is 10.6 Å². The molecule has 3 aromatic rings. The second-order valence-electron chi connectivity index (χ2n) is 3.61. The zero-order valence-corrected chi connectivity index (χ0v) is 11.8. The van der Waals surface area contributed by atoms with E-state index in [0.717, 1.165) is 30.3 Å². The number of benzene rings is 2. The van der Waals surface area contributed by atoms with Gasteiger partial charge >= 0.3 is 0 Å². The predicted octanol–water partition coefficient (Wildman–Crippen LogP) is 5.38. The van der Waals surface area contributed by atoms with E-state index in [1.807, 2.05) is 36.4 Å². The van der Waals surface area contributed by atoms with Gasteiger partial charge in [0, 0.05) is 15.1 Å². The molecule has 0 N–H and O–H groups in total. The van der Waals surface area contributed by atoms with Crippen molar-refractivity contribution >= 4 is 49.1 Å². The molecule has 17 heavy (non-hydrogen) atoms. The normalized spacial score (nSPS) is 10.9. The van der Waals surface area contributed by atoms with Crippen LogP contribution in [0.2, 0.25) is 5.02 Å². The molecule has 1 aromatic heterocycles. The Morgan fingerprint density at radius 3 is 2.76 bits per heavy atom. The molecule has 0 aliphatic carbocycles. The summed E-state index contributed by atoms with van der Waals surface area (Å²) in [5.41, 5.74) is 2.11. The minimum absolute atomic E-state index is 0.750. The lowest BCUT2D eigenvalue weighted by molar-refractivity contribution is 1.46. The highest BCUT2D eigenvalue weighted by Crippen LogP contribution is 2.35. The SMILES string of the molecule is Clc1ccc2nc(-c3ccccc3Br)sc2c1. The predicted molar refractivity (Wildman–Crippen MR) is 77.8 cm³/mol. The Hall–Kier alpha value is -0.900. The first-order valence-corrected chi connectivity index (χ1v) is 7.04. The van der Waals surface area contributed by atoms with Crippen LogP contribution in [0.15, 0.2) is 46.9 Å². The van der Waals surface area contributed by atoms with Crippen LogP contribution in [0.4, 0.5) is 0 Å². The minimum atomic E-state index is 0.750. The van der Waals surface area contributed by atoms with Crippen molar-refractivity contribution in [3.05, 3.63) is 52.0 Å². The molecule has 0 bridgehead atoms. The quantitative estimate of drug-likeness (QED) is 0.585. The molecular weight excluding hydrogens is 318 g/mol. The molecule has 0 fully saturated rings. The molecule has 3 rings (SSSR count). The van der Waals surface area contributed by atoms with E-state index in [0.29, 0.717) is 0 Å². The van der Waals surface area contributed by atoms with Crippen LogP contribution in [0.25, 0.3) is 20.8 Å². The van der Waals surface area contributed by atoms with Gasteiger partial charge in [-0.1, -0.05) is 45.7 Å². The van der Waals surface area contributed by atoms with E-state index in [2.05, 4.69) is 27.0 Å². The number of aromatic nitrogens is 1. The molecule has 0 saturated carbocycles. The van der Waals surface area contributed by atoms with Gasteiger partial charge in [0.1, 0.15) is 5.01 Å². The lowest BCUT2D eigenvalue weighted by Gasteiger charge is -1.97. The molecule has 0 aliphatic rings. The summed E-state index contributed by atoms with van der Waals surface area (Å²) in [5, 5.41) is 1.76. The summed E-state index contributed by atoms with van der Waals surface area (Å²) >= 11 is 11.2. The van der Waals surface area contributed by atoms with E-state index < -0.39 is 0 Å². The Bertz CT molecular complexity index is 693. The van der Waals surface area contributed by atoms with E-state index in [1.54, 1.807) is 11.3 Å². The number of hydrogen-bond donors (Lipinski definition) is 0.